The minimum absolute atomic E-state index is 0.667. The molecule has 1 aromatic carbocycles. The molecule has 0 aliphatic carbocycles. The number of aromatic nitrogens is 1. The van der Waals surface area contributed by atoms with Gasteiger partial charge in [-0.25, -0.2) is 4.98 Å². The molecule has 0 aliphatic rings. The van der Waals surface area contributed by atoms with Crippen molar-refractivity contribution in [1.82, 2.24) is 10.3 Å². The summed E-state index contributed by atoms with van der Waals surface area (Å²) in [5.74, 6) is 0.667. The first kappa shape index (κ1) is 11.4. The Morgan fingerprint density at radius 1 is 1.31 bits per heavy atom. The van der Waals surface area contributed by atoms with Crippen molar-refractivity contribution in [2.45, 2.75) is 13.5 Å². The number of nitrogens with one attached hydrogen (secondary N) is 1. The monoisotopic (exact) mass is 280 g/mol. The molecule has 0 unspecified atom stereocenters. The Morgan fingerprint density at radius 3 is 2.75 bits per heavy atom. The van der Waals surface area contributed by atoms with Crippen molar-refractivity contribution in [3.8, 4) is 11.5 Å². The van der Waals surface area contributed by atoms with Crippen molar-refractivity contribution in [2.24, 2.45) is 0 Å². The van der Waals surface area contributed by atoms with E-state index in [0.29, 0.717) is 5.89 Å². The van der Waals surface area contributed by atoms with Crippen LogP contribution in [0.4, 0.5) is 0 Å². The average Bonchev–Trinajstić information content (AvgIpc) is 2.76. The van der Waals surface area contributed by atoms with Gasteiger partial charge in [0.2, 0.25) is 5.89 Å². The average molecular weight is 281 g/mol. The van der Waals surface area contributed by atoms with E-state index >= 15 is 0 Å². The Balaban J connectivity index is 2.15. The fourth-order valence-electron chi connectivity index (χ4n) is 1.37. The van der Waals surface area contributed by atoms with Gasteiger partial charge < -0.3 is 9.73 Å². The van der Waals surface area contributed by atoms with Crippen LogP contribution in [0.5, 0.6) is 0 Å². The van der Waals surface area contributed by atoms with E-state index in [2.05, 4.69) is 33.2 Å². The molecule has 0 spiro atoms. The molecule has 16 heavy (non-hydrogen) atoms. The summed E-state index contributed by atoms with van der Waals surface area (Å²) in [7, 11) is 0. The van der Waals surface area contributed by atoms with E-state index in [0.717, 1.165) is 28.8 Å². The van der Waals surface area contributed by atoms with Gasteiger partial charge in [-0.15, -0.1) is 0 Å². The minimum atomic E-state index is 0.667. The number of hydrogen-bond acceptors (Lipinski definition) is 3. The first-order valence-corrected chi connectivity index (χ1v) is 6.00. The summed E-state index contributed by atoms with van der Waals surface area (Å²) in [6, 6.07) is 7.91. The third-order valence-electron chi connectivity index (χ3n) is 2.20. The first-order chi connectivity index (χ1) is 7.79. The Labute approximate surface area is 103 Å². The quantitative estimate of drug-likeness (QED) is 0.935. The highest BCUT2D eigenvalue weighted by molar-refractivity contribution is 9.10. The number of oxazole rings is 1. The van der Waals surface area contributed by atoms with Crippen LogP contribution in [-0.2, 0) is 6.54 Å². The lowest BCUT2D eigenvalue weighted by Gasteiger charge is -1.95. The highest BCUT2D eigenvalue weighted by atomic mass is 79.9. The van der Waals surface area contributed by atoms with Crippen LogP contribution in [0, 0.1) is 0 Å². The van der Waals surface area contributed by atoms with Crippen molar-refractivity contribution in [3.63, 3.8) is 0 Å². The molecular formula is C12H13BrN2O. The van der Waals surface area contributed by atoms with Gasteiger partial charge in [-0.1, -0.05) is 22.9 Å². The summed E-state index contributed by atoms with van der Waals surface area (Å²) < 4.78 is 6.47. The van der Waals surface area contributed by atoms with Crippen LogP contribution in [0.2, 0.25) is 0 Å². The number of benzene rings is 1. The standard InChI is InChI=1S/C12H13BrN2O/c1-2-14-7-11-8-16-12(15-11)9-3-5-10(13)6-4-9/h3-6,8,14H,2,7H2,1H3. The highest BCUT2D eigenvalue weighted by Gasteiger charge is 2.05. The summed E-state index contributed by atoms with van der Waals surface area (Å²) in [4.78, 5) is 4.40. The molecule has 4 heteroatoms. The zero-order valence-corrected chi connectivity index (χ0v) is 10.6. The topological polar surface area (TPSA) is 38.1 Å². The molecule has 2 aromatic rings. The van der Waals surface area contributed by atoms with Crippen molar-refractivity contribution < 1.29 is 4.42 Å². The third-order valence-corrected chi connectivity index (χ3v) is 2.73. The zero-order chi connectivity index (χ0) is 11.4. The summed E-state index contributed by atoms with van der Waals surface area (Å²) in [6.45, 7) is 3.74. The molecule has 0 fully saturated rings. The van der Waals surface area contributed by atoms with E-state index in [4.69, 9.17) is 4.42 Å². The molecule has 1 N–H and O–H groups in total. The van der Waals surface area contributed by atoms with Crippen LogP contribution < -0.4 is 5.32 Å². The Bertz CT molecular complexity index is 450. The van der Waals surface area contributed by atoms with Gasteiger partial charge in [0.25, 0.3) is 0 Å². The molecule has 3 nitrogen and oxygen atoms in total. The van der Waals surface area contributed by atoms with E-state index in [-0.39, 0.29) is 0 Å². The van der Waals surface area contributed by atoms with Crippen LogP contribution in [0.25, 0.3) is 11.5 Å². The fraction of sp³-hybridized carbons (Fsp3) is 0.250. The molecule has 0 bridgehead atoms. The molecule has 0 atom stereocenters. The van der Waals surface area contributed by atoms with E-state index in [1.807, 2.05) is 24.3 Å². The second-order valence-electron chi connectivity index (χ2n) is 3.43. The van der Waals surface area contributed by atoms with E-state index in [1.165, 1.54) is 0 Å². The van der Waals surface area contributed by atoms with Gasteiger partial charge in [-0.05, 0) is 30.8 Å². The van der Waals surface area contributed by atoms with Gasteiger partial charge >= 0.3 is 0 Å². The second kappa shape index (κ2) is 5.27. The molecule has 0 aliphatic heterocycles. The predicted octanol–water partition coefficient (Wildman–Crippen LogP) is 3.21. The lowest BCUT2D eigenvalue weighted by Crippen LogP contribution is -2.11. The van der Waals surface area contributed by atoms with Crippen LogP contribution in [0.3, 0.4) is 0 Å². The molecule has 2 rings (SSSR count). The third kappa shape index (κ3) is 2.71. The molecule has 0 saturated carbocycles. The summed E-state index contributed by atoms with van der Waals surface area (Å²) in [6.07, 6.45) is 1.69. The lowest BCUT2D eigenvalue weighted by molar-refractivity contribution is 0.570. The van der Waals surface area contributed by atoms with E-state index < -0.39 is 0 Å². The maximum atomic E-state index is 5.42. The number of hydrogen-bond donors (Lipinski definition) is 1. The molecule has 0 saturated heterocycles. The molecule has 1 heterocycles. The van der Waals surface area contributed by atoms with Gasteiger partial charge in [0, 0.05) is 16.6 Å². The smallest absolute Gasteiger partial charge is 0.226 e. The molecule has 1 aromatic heterocycles. The Kier molecular flexibility index (Phi) is 3.74. The minimum Gasteiger partial charge on any atom is -0.444 e. The summed E-state index contributed by atoms with van der Waals surface area (Å²) in [5.41, 5.74) is 1.92. The number of rotatable bonds is 4. The lowest BCUT2D eigenvalue weighted by atomic mass is 10.2. The van der Waals surface area contributed by atoms with Gasteiger partial charge in [-0.3, -0.25) is 0 Å². The normalized spacial score (nSPS) is 10.6. The largest absolute Gasteiger partial charge is 0.444 e. The fourth-order valence-corrected chi connectivity index (χ4v) is 1.63. The number of halogens is 1. The van der Waals surface area contributed by atoms with Gasteiger partial charge in [0.1, 0.15) is 6.26 Å². The van der Waals surface area contributed by atoms with Crippen molar-refractivity contribution in [3.05, 3.63) is 40.7 Å². The highest BCUT2D eigenvalue weighted by Crippen LogP contribution is 2.20. The van der Waals surface area contributed by atoms with Gasteiger partial charge in [-0.2, -0.15) is 0 Å². The number of nitrogens with zero attached hydrogens (tertiary/aromatic N) is 1. The molecule has 0 amide bonds. The SMILES string of the molecule is CCNCc1coc(-c2ccc(Br)cc2)n1. The summed E-state index contributed by atoms with van der Waals surface area (Å²) in [5, 5.41) is 3.21. The molecule has 84 valence electrons. The van der Waals surface area contributed by atoms with Gasteiger partial charge in [0.15, 0.2) is 0 Å². The first-order valence-electron chi connectivity index (χ1n) is 5.20. The van der Waals surface area contributed by atoms with Crippen LogP contribution in [-0.4, -0.2) is 11.5 Å². The van der Waals surface area contributed by atoms with E-state index in [9.17, 15) is 0 Å². The van der Waals surface area contributed by atoms with Crippen LogP contribution in [0.1, 0.15) is 12.6 Å². The Hall–Kier alpha value is -1.13. The molecular weight excluding hydrogens is 268 g/mol. The Morgan fingerprint density at radius 2 is 2.06 bits per heavy atom. The second-order valence-corrected chi connectivity index (χ2v) is 4.35. The zero-order valence-electron chi connectivity index (χ0n) is 9.03. The molecule has 0 radical (unpaired) electrons. The van der Waals surface area contributed by atoms with Crippen LogP contribution in [0.15, 0.2) is 39.4 Å². The van der Waals surface area contributed by atoms with Crippen molar-refractivity contribution >= 4 is 15.9 Å². The van der Waals surface area contributed by atoms with Crippen molar-refractivity contribution in [2.75, 3.05) is 6.54 Å². The summed E-state index contributed by atoms with van der Waals surface area (Å²) >= 11 is 3.40. The van der Waals surface area contributed by atoms with Gasteiger partial charge in [0.05, 0.1) is 5.69 Å². The maximum Gasteiger partial charge on any atom is 0.226 e. The maximum absolute atomic E-state index is 5.42. The van der Waals surface area contributed by atoms with E-state index in [1.54, 1.807) is 6.26 Å². The predicted molar refractivity (Wildman–Crippen MR) is 67.0 cm³/mol. The van der Waals surface area contributed by atoms with Crippen LogP contribution >= 0.6 is 15.9 Å². The van der Waals surface area contributed by atoms with Crippen molar-refractivity contribution in [1.29, 1.82) is 0 Å².